The Morgan fingerprint density at radius 2 is 2.19 bits per heavy atom. The molecule has 1 saturated carbocycles. The average Bonchev–Trinajstić information content (AvgIpc) is 2.91. The van der Waals surface area contributed by atoms with Gasteiger partial charge in [0.05, 0.1) is 25.1 Å². The number of aliphatic hydroxyl groups is 2. The Balaban J connectivity index is 2.15. The molecule has 1 aliphatic rings. The number of fused-ring (bicyclic) bond motifs is 1. The molecule has 0 aromatic carbocycles. The molecule has 1 aliphatic carbocycles. The average molecular weight is 314 g/mol. The van der Waals surface area contributed by atoms with Crippen LogP contribution in [-0.4, -0.2) is 48.6 Å². The number of hydrogen-bond acceptors (Lipinski definition) is 6. The summed E-state index contributed by atoms with van der Waals surface area (Å²) in [6.45, 7) is 3.39. The number of alkyl halides is 1. The van der Waals surface area contributed by atoms with Gasteiger partial charge in [0.1, 0.15) is 5.52 Å². The van der Waals surface area contributed by atoms with E-state index in [0.29, 0.717) is 5.57 Å². The molecule has 7 nitrogen and oxygen atoms in total. The molecule has 0 amide bonds. The first-order valence-corrected chi connectivity index (χ1v) is 6.60. The minimum Gasteiger partial charge on any atom is -0.396 e. The van der Waals surface area contributed by atoms with Crippen molar-refractivity contribution in [3.63, 3.8) is 0 Å². The molecule has 1 unspecified atom stereocenters. The van der Waals surface area contributed by atoms with Gasteiger partial charge < -0.3 is 20.5 Å². The zero-order chi connectivity index (χ0) is 15.3. The number of anilines is 1. The number of hydrogen-bond donors (Lipinski definition) is 3. The normalized spacial score (nSPS) is 29.4. The van der Waals surface area contributed by atoms with Gasteiger partial charge in [0.15, 0.2) is 17.0 Å². The van der Waals surface area contributed by atoms with E-state index in [1.807, 2.05) is 0 Å². The minimum absolute atomic E-state index is 0.0625. The van der Waals surface area contributed by atoms with Crippen molar-refractivity contribution in [3.8, 4) is 0 Å². The number of aromatic nitrogens is 4. The number of nitrogens with two attached hydrogens (primary N) is 1. The van der Waals surface area contributed by atoms with Gasteiger partial charge in [-0.1, -0.05) is 18.2 Å². The third-order valence-corrected chi connectivity index (χ3v) is 4.05. The van der Waals surface area contributed by atoms with E-state index < -0.39 is 24.2 Å². The molecule has 4 atom stereocenters. The molecule has 2 heterocycles. The van der Waals surface area contributed by atoms with Crippen molar-refractivity contribution < 1.29 is 14.6 Å². The number of imidazole rings is 1. The Morgan fingerprint density at radius 1 is 1.48 bits per heavy atom. The lowest BCUT2D eigenvalue weighted by Crippen LogP contribution is -2.27. The van der Waals surface area contributed by atoms with Crippen LogP contribution in [0.4, 0.5) is 10.3 Å². The SMILES string of the molecule is C=C1[C@@H](n2cnc3c(Cl)nc(N)nc32)C(F)[C@H](O)[C@H]1CO. The first kappa shape index (κ1) is 14.2. The van der Waals surface area contributed by atoms with Gasteiger partial charge in [-0.3, -0.25) is 0 Å². The van der Waals surface area contributed by atoms with Gasteiger partial charge in [-0.05, 0) is 5.57 Å². The van der Waals surface area contributed by atoms with Gasteiger partial charge in [0.2, 0.25) is 5.95 Å². The van der Waals surface area contributed by atoms with Crippen LogP contribution in [0.1, 0.15) is 6.04 Å². The first-order chi connectivity index (χ1) is 9.95. The maximum Gasteiger partial charge on any atom is 0.223 e. The van der Waals surface area contributed by atoms with Gasteiger partial charge in [-0.15, -0.1) is 0 Å². The Labute approximate surface area is 123 Å². The Bertz CT molecular complexity index is 721. The predicted molar refractivity (Wildman–Crippen MR) is 74.4 cm³/mol. The second kappa shape index (κ2) is 4.90. The van der Waals surface area contributed by atoms with E-state index in [-0.39, 0.29) is 28.9 Å². The summed E-state index contributed by atoms with van der Waals surface area (Å²) in [5, 5.41) is 19.2. The third kappa shape index (κ3) is 1.98. The van der Waals surface area contributed by atoms with Crippen LogP contribution >= 0.6 is 11.6 Å². The molecule has 112 valence electrons. The van der Waals surface area contributed by atoms with Crippen molar-refractivity contribution in [1.29, 1.82) is 0 Å². The molecule has 0 aliphatic heterocycles. The number of halogens is 2. The van der Waals surface area contributed by atoms with Crippen LogP contribution in [0.3, 0.4) is 0 Å². The summed E-state index contributed by atoms with van der Waals surface area (Å²) in [6, 6.07) is -0.896. The summed E-state index contributed by atoms with van der Waals surface area (Å²) in [6.07, 6.45) is -1.62. The molecular weight excluding hydrogens is 301 g/mol. The Kier molecular flexibility index (Phi) is 3.31. The van der Waals surface area contributed by atoms with Crippen LogP contribution in [0, 0.1) is 5.92 Å². The molecule has 0 radical (unpaired) electrons. The lowest BCUT2D eigenvalue weighted by molar-refractivity contribution is 0.0426. The molecule has 0 saturated heterocycles. The van der Waals surface area contributed by atoms with Crippen LogP contribution in [0.5, 0.6) is 0 Å². The highest BCUT2D eigenvalue weighted by Crippen LogP contribution is 2.42. The monoisotopic (exact) mass is 313 g/mol. The largest absolute Gasteiger partial charge is 0.396 e. The van der Waals surface area contributed by atoms with Gasteiger partial charge in [-0.25, -0.2) is 9.37 Å². The number of nitrogen functional groups attached to an aromatic ring is 1. The van der Waals surface area contributed by atoms with Crippen molar-refractivity contribution in [1.82, 2.24) is 19.5 Å². The van der Waals surface area contributed by atoms with E-state index >= 15 is 0 Å². The van der Waals surface area contributed by atoms with E-state index in [1.165, 1.54) is 10.9 Å². The summed E-state index contributed by atoms with van der Waals surface area (Å²) >= 11 is 5.93. The molecule has 1 fully saturated rings. The summed E-state index contributed by atoms with van der Waals surface area (Å²) < 4.78 is 15.8. The fourth-order valence-corrected chi connectivity index (χ4v) is 2.93. The lowest BCUT2D eigenvalue weighted by Gasteiger charge is -2.17. The van der Waals surface area contributed by atoms with E-state index in [0.717, 1.165) is 0 Å². The summed E-state index contributed by atoms with van der Waals surface area (Å²) in [5.41, 5.74) is 6.46. The number of aliphatic hydroxyl groups excluding tert-OH is 2. The van der Waals surface area contributed by atoms with Gasteiger partial charge >= 0.3 is 0 Å². The first-order valence-electron chi connectivity index (χ1n) is 6.23. The van der Waals surface area contributed by atoms with Crippen molar-refractivity contribution in [2.24, 2.45) is 5.92 Å². The number of nitrogens with zero attached hydrogens (tertiary/aromatic N) is 4. The van der Waals surface area contributed by atoms with Gasteiger partial charge in [-0.2, -0.15) is 9.97 Å². The topological polar surface area (TPSA) is 110 Å². The standard InChI is InChI=1S/C12H13ClFN5O2/c1-4-5(2-20)9(21)6(14)8(4)19-3-16-7-10(13)17-12(15)18-11(7)19/h3,5-6,8-9,20-21H,1-2H2,(H2,15,17,18)/t5-,6?,8+,9+/m0/s1. The summed E-state index contributed by atoms with van der Waals surface area (Å²) in [7, 11) is 0. The zero-order valence-electron chi connectivity index (χ0n) is 10.8. The van der Waals surface area contributed by atoms with Crippen LogP contribution < -0.4 is 5.73 Å². The zero-order valence-corrected chi connectivity index (χ0v) is 11.6. The van der Waals surface area contributed by atoms with Crippen LogP contribution in [0.2, 0.25) is 5.15 Å². The quantitative estimate of drug-likeness (QED) is 0.549. The van der Waals surface area contributed by atoms with Crippen LogP contribution in [-0.2, 0) is 0 Å². The Morgan fingerprint density at radius 3 is 2.81 bits per heavy atom. The third-order valence-electron chi connectivity index (χ3n) is 3.79. The molecular formula is C12H13ClFN5O2. The maximum atomic E-state index is 14.4. The molecule has 0 bridgehead atoms. The van der Waals surface area contributed by atoms with E-state index in [4.69, 9.17) is 17.3 Å². The van der Waals surface area contributed by atoms with Crippen molar-refractivity contribution in [3.05, 3.63) is 23.6 Å². The van der Waals surface area contributed by atoms with Crippen molar-refractivity contribution >= 4 is 28.7 Å². The van der Waals surface area contributed by atoms with Crippen molar-refractivity contribution in [2.75, 3.05) is 12.3 Å². The second-order valence-electron chi connectivity index (χ2n) is 4.94. The number of rotatable bonds is 2. The maximum absolute atomic E-state index is 14.4. The smallest absolute Gasteiger partial charge is 0.223 e. The molecule has 0 spiro atoms. The summed E-state index contributed by atoms with van der Waals surface area (Å²) in [5.74, 6) is -0.801. The highest BCUT2D eigenvalue weighted by Gasteiger charge is 2.47. The van der Waals surface area contributed by atoms with Gasteiger partial charge in [0, 0.05) is 5.92 Å². The highest BCUT2D eigenvalue weighted by atomic mass is 35.5. The molecule has 21 heavy (non-hydrogen) atoms. The van der Waals surface area contributed by atoms with Crippen LogP contribution in [0.25, 0.3) is 11.2 Å². The summed E-state index contributed by atoms with van der Waals surface area (Å²) in [4.78, 5) is 11.8. The van der Waals surface area contributed by atoms with Crippen LogP contribution in [0.15, 0.2) is 18.5 Å². The van der Waals surface area contributed by atoms with E-state index in [9.17, 15) is 14.6 Å². The highest BCUT2D eigenvalue weighted by molar-refractivity contribution is 6.33. The fourth-order valence-electron chi connectivity index (χ4n) is 2.71. The Hall–Kier alpha value is -1.77. The fraction of sp³-hybridized carbons (Fsp3) is 0.417. The minimum atomic E-state index is -1.64. The van der Waals surface area contributed by atoms with Gasteiger partial charge in [0.25, 0.3) is 0 Å². The molecule has 3 rings (SSSR count). The molecule has 4 N–H and O–H groups in total. The van der Waals surface area contributed by atoms with Crippen molar-refractivity contribution in [2.45, 2.75) is 18.3 Å². The molecule has 9 heteroatoms. The van der Waals surface area contributed by atoms with E-state index in [2.05, 4.69) is 21.5 Å². The lowest BCUT2D eigenvalue weighted by atomic mass is 10.0. The molecule has 2 aromatic rings. The second-order valence-corrected chi connectivity index (χ2v) is 5.30. The predicted octanol–water partition coefficient (Wildman–Crippen LogP) is 0.480. The molecule has 2 aromatic heterocycles. The van der Waals surface area contributed by atoms with E-state index in [1.54, 1.807) is 0 Å².